The highest BCUT2D eigenvalue weighted by Crippen LogP contribution is 2.37. The molecule has 1 aliphatic carbocycles. The lowest BCUT2D eigenvalue weighted by Gasteiger charge is -2.21. The van der Waals surface area contributed by atoms with Gasteiger partial charge in [-0.2, -0.15) is 13.2 Å². The number of nitrogens with zero attached hydrogens (tertiary/aromatic N) is 2. The fraction of sp³-hybridized carbons (Fsp3) is 0.562. The molecule has 0 unspecified atom stereocenters. The fourth-order valence-electron chi connectivity index (χ4n) is 2.39. The molecule has 0 heterocycles. The predicted octanol–water partition coefficient (Wildman–Crippen LogP) is 4.35. The van der Waals surface area contributed by atoms with Crippen LogP contribution in [0.15, 0.2) is 23.1 Å². The van der Waals surface area contributed by atoms with Gasteiger partial charge >= 0.3 is 6.18 Å². The summed E-state index contributed by atoms with van der Waals surface area (Å²) in [5.41, 5.74) is -1.70. The molecule has 0 saturated heterocycles. The van der Waals surface area contributed by atoms with Crippen molar-refractivity contribution in [1.82, 2.24) is 4.90 Å². The van der Waals surface area contributed by atoms with Crippen LogP contribution in [0.3, 0.4) is 0 Å². The lowest BCUT2D eigenvalue weighted by Crippen LogP contribution is -2.34. The van der Waals surface area contributed by atoms with Crippen LogP contribution in [0.2, 0.25) is 0 Å². The average Bonchev–Trinajstić information content (AvgIpc) is 3.35. The standard InChI is InChI=1S/C16H19F3N2O3S/c1-2-7-20(9-11-3-4-11)15(22)10-25-14-6-5-12(16(17,18)19)8-13(14)21(23)24/h5-6,8,11H,2-4,7,9-10H2,1H3. The maximum atomic E-state index is 12.7. The zero-order valence-electron chi connectivity index (χ0n) is 13.7. The lowest BCUT2D eigenvalue weighted by molar-refractivity contribution is -0.388. The first-order valence-corrected chi connectivity index (χ1v) is 8.97. The fourth-order valence-corrected chi connectivity index (χ4v) is 3.30. The molecule has 0 atom stereocenters. The second-order valence-corrected chi connectivity index (χ2v) is 7.03. The summed E-state index contributed by atoms with van der Waals surface area (Å²) in [5, 5.41) is 11.1. The highest BCUT2D eigenvalue weighted by Gasteiger charge is 2.33. The number of thioether (sulfide) groups is 1. The van der Waals surface area contributed by atoms with E-state index in [-0.39, 0.29) is 16.6 Å². The summed E-state index contributed by atoms with van der Waals surface area (Å²) in [5.74, 6) is 0.354. The Balaban J connectivity index is 2.07. The normalized spacial score (nSPS) is 14.4. The van der Waals surface area contributed by atoms with Gasteiger partial charge in [0.05, 0.1) is 21.1 Å². The Morgan fingerprint density at radius 2 is 2.08 bits per heavy atom. The second kappa shape index (κ2) is 8.07. The summed E-state index contributed by atoms with van der Waals surface area (Å²) < 4.78 is 38.1. The van der Waals surface area contributed by atoms with Crippen LogP contribution < -0.4 is 0 Å². The molecule has 25 heavy (non-hydrogen) atoms. The number of nitro groups is 1. The van der Waals surface area contributed by atoms with E-state index < -0.39 is 22.4 Å². The van der Waals surface area contributed by atoms with Crippen molar-refractivity contribution in [3.05, 3.63) is 33.9 Å². The molecule has 1 fully saturated rings. The van der Waals surface area contributed by atoms with Gasteiger partial charge in [-0.05, 0) is 37.3 Å². The summed E-state index contributed by atoms with van der Waals surface area (Å²) in [7, 11) is 0. The lowest BCUT2D eigenvalue weighted by atomic mass is 10.2. The molecular weight excluding hydrogens is 357 g/mol. The first-order chi connectivity index (χ1) is 11.7. The van der Waals surface area contributed by atoms with E-state index in [1.807, 2.05) is 6.92 Å². The van der Waals surface area contributed by atoms with Crippen molar-refractivity contribution in [3.63, 3.8) is 0 Å². The van der Waals surface area contributed by atoms with Crippen LogP contribution >= 0.6 is 11.8 Å². The Bertz CT molecular complexity index is 648. The van der Waals surface area contributed by atoms with E-state index in [1.54, 1.807) is 4.90 Å². The largest absolute Gasteiger partial charge is 0.416 e. The Kier molecular flexibility index (Phi) is 6.31. The predicted molar refractivity (Wildman–Crippen MR) is 88.4 cm³/mol. The monoisotopic (exact) mass is 376 g/mol. The van der Waals surface area contributed by atoms with Gasteiger partial charge in [0.25, 0.3) is 5.69 Å². The SMILES string of the molecule is CCCN(CC1CC1)C(=O)CSc1ccc(C(F)(F)F)cc1[N+](=O)[O-]. The molecule has 1 aromatic carbocycles. The molecule has 0 N–H and O–H groups in total. The van der Waals surface area contributed by atoms with Crippen molar-refractivity contribution < 1.29 is 22.9 Å². The molecule has 0 aliphatic heterocycles. The Labute approximate surface area is 147 Å². The summed E-state index contributed by atoms with van der Waals surface area (Å²) in [4.78, 5) is 24.3. The minimum atomic E-state index is -4.65. The first kappa shape index (κ1) is 19.6. The van der Waals surface area contributed by atoms with Crippen LogP contribution in [-0.2, 0) is 11.0 Å². The molecule has 1 aromatic rings. The van der Waals surface area contributed by atoms with E-state index >= 15 is 0 Å². The summed E-state index contributed by atoms with van der Waals surface area (Å²) in [6.45, 7) is 3.26. The van der Waals surface area contributed by atoms with Crippen molar-refractivity contribution in [1.29, 1.82) is 0 Å². The molecule has 0 aromatic heterocycles. The van der Waals surface area contributed by atoms with Crippen LogP contribution in [0.5, 0.6) is 0 Å². The van der Waals surface area contributed by atoms with E-state index in [1.165, 1.54) is 0 Å². The Morgan fingerprint density at radius 3 is 2.60 bits per heavy atom. The molecule has 5 nitrogen and oxygen atoms in total. The van der Waals surface area contributed by atoms with Gasteiger partial charge in [0.1, 0.15) is 0 Å². The molecule has 1 saturated carbocycles. The molecule has 0 spiro atoms. The second-order valence-electron chi connectivity index (χ2n) is 6.01. The minimum absolute atomic E-state index is 0.0288. The Morgan fingerprint density at radius 1 is 1.40 bits per heavy atom. The quantitative estimate of drug-likeness (QED) is 0.384. The van der Waals surface area contributed by atoms with Crippen molar-refractivity contribution in [2.75, 3.05) is 18.8 Å². The third-order valence-electron chi connectivity index (χ3n) is 3.86. The number of halogens is 3. The number of amides is 1. The number of benzene rings is 1. The van der Waals surface area contributed by atoms with Crippen LogP contribution in [0, 0.1) is 16.0 Å². The molecule has 2 rings (SSSR count). The molecule has 138 valence electrons. The van der Waals surface area contributed by atoms with Gasteiger partial charge in [0.15, 0.2) is 0 Å². The third-order valence-corrected chi connectivity index (χ3v) is 4.90. The van der Waals surface area contributed by atoms with Gasteiger partial charge in [-0.15, -0.1) is 11.8 Å². The van der Waals surface area contributed by atoms with Gasteiger partial charge in [-0.1, -0.05) is 6.92 Å². The van der Waals surface area contributed by atoms with Gasteiger partial charge in [-0.3, -0.25) is 14.9 Å². The Hall–Kier alpha value is -1.77. The van der Waals surface area contributed by atoms with Crippen molar-refractivity contribution >= 4 is 23.4 Å². The van der Waals surface area contributed by atoms with Gasteiger partial charge < -0.3 is 4.90 Å². The smallest absolute Gasteiger partial charge is 0.342 e. The number of alkyl halides is 3. The molecule has 1 aliphatic rings. The molecular formula is C16H19F3N2O3S. The number of carbonyl (C=O) groups excluding carboxylic acids is 1. The molecule has 9 heteroatoms. The summed E-state index contributed by atoms with van der Waals surface area (Å²) in [6.07, 6.45) is -1.63. The van der Waals surface area contributed by atoms with Crippen LogP contribution in [-0.4, -0.2) is 34.6 Å². The maximum absolute atomic E-state index is 12.7. The minimum Gasteiger partial charge on any atom is -0.342 e. The van der Waals surface area contributed by atoms with Gasteiger partial charge in [0.2, 0.25) is 5.91 Å². The van der Waals surface area contributed by atoms with E-state index in [9.17, 15) is 28.1 Å². The van der Waals surface area contributed by atoms with Crippen molar-refractivity contribution in [2.24, 2.45) is 5.92 Å². The molecule has 1 amide bonds. The van der Waals surface area contributed by atoms with Gasteiger partial charge in [-0.25, -0.2) is 0 Å². The van der Waals surface area contributed by atoms with Gasteiger partial charge in [0, 0.05) is 19.2 Å². The highest BCUT2D eigenvalue weighted by atomic mass is 32.2. The average molecular weight is 376 g/mol. The molecule has 0 bridgehead atoms. The zero-order valence-corrected chi connectivity index (χ0v) is 14.5. The molecule has 0 radical (unpaired) electrons. The number of rotatable bonds is 8. The number of nitro benzene ring substituents is 1. The topological polar surface area (TPSA) is 63.5 Å². The summed E-state index contributed by atoms with van der Waals surface area (Å²) in [6, 6.07) is 2.37. The first-order valence-electron chi connectivity index (χ1n) is 7.98. The van der Waals surface area contributed by atoms with E-state index in [4.69, 9.17) is 0 Å². The number of hydrogen-bond acceptors (Lipinski definition) is 4. The van der Waals surface area contributed by atoms with Crippen LogP contribution in [0.25, 0.3) is 0 Å². The highest BCUT2D eigenvalue weighted by molar-refractivity contribution is 8.00. The van der Waals surface area contributed by atoms with Crippen molar-refractivity contribution in [3.8, 4) is 0 Å². The van der Waals surface area contributed by atoms with Crippen molar-refractivity contribution in [2.45, 2.75) is 37.3 Å². The van der Waals surface area contributed by atoms with E-state index in [2.05, 4.69) is 0 Å². The van der Waals surface area contributed by atoms with E-state index in [0.717, 1.165) is 43.2 Å². The van der Waals surface area contributed by atoms with Crippen LogP contribution in [0.4, 0.5) is 18.9 Å². The van der Waals surface area contributed by atoms with Crippen LogP contribution in [0.1, 0.15) is 31.7 Å². The third kappa shape index (κ3) is 5.62. The van der Waals surface area contributed by atoms with E-state index in [0.29, 0.717) is 25.1 Å². The number of hydrogen-bond donors (Lipinski definition) is 0. The zero-order chi connectivity index (χ0) is 18.6. The maximum Gasteiger partial charge on any atom is 0.416 e. The number of carbonyl (C=O) groups is 1. The summed E-state index contributed by atoms with van der Waals surface area (Å²) >= 11 is 0.904.